The van der Waals surface area contributed by atoms with Gasteiger partial charge in [-0.25, -0.2) is 18.7 Å². The fourth-order valence-electron chi connectivity index (χ4n) is 5.27. The molecule has 1 fully saturated rings. The topological polar surface area (TPSA) is 136 Å². The van der Waals surface area contributed by atoms with Gasteiger partial charge in [-0.2, -0.15) is 4.98 Å². The molecule has 1 aliphatic carbocycles. The predicted molar refractivity (Wildman–Crippen MR) is 150 cm³/mol. The van der Waals surface area contributed by atoms with Gasteiger partial charge in [-0.3, -0.25) is 4.98 Å². The zero-order valence-electron chi connectivity index (χ0n) is 22.8. The summed E-state index contributed by atoms with van der Waals surface area (Å²) in [4.78, 5) is 18.5. The van der Waals surface area contributed by atoms with E-state index in [1.165, 1.54) is 29.5 Å². The van der Waals surface area contributed by atoms with Crippen LogP contribution in [0.15, 0.2) is 24.3 Å². The van der Waals surface area contributed by atoms with Gasteiger partial charge in [-0.05, 0) is 59.2 Å². The van der Waals surface area contributed by atoms with Crippen molar-refractivity contribution in [3.8, 4) is 10.6 Å². The van der Waals surface area contributed by atoms with Gasteiger partial charge in [0.05, 0.1) is 39.4 Å². The molecule has 5 N–H and O–H groups in total. The molecule has 9 nitrogen and oxygen atoms in total. The lowest BCUT2D eigenvalue weighted by molar-refractivity contribution is -0.0601. The molecule has 0 spiro atoms. The van der Waals surface area contributed by atoms with Crippen LogP contribution in [0.5, 0.6) is 0 Å². The Morgan fingerprint density at radius 2 is 1.70 bits per heavy atom. The van der Waals surface area contributed by atoms with Gasteiger partial charge in [0.1, 0.15) is 34.1 Å². The summed E-state index contributed by atoms with van der Waals surface area (Å²) < 4.78 is 29.4. The average molecular weight is 571 g/mol. The Kier molecular flexibility index (Phi) is 7.47. The Morgan fingerprint density at radius 3 is 2.35 bits per heavy atom. The first-order valence-electron chi connectivity index (χ1n) is 13.0. The molecule has 0 aliphatic heterocycles. The van der Waals surface area contributed by atoms with Crippen molar-refractivity contribution in [2.75, 3.05) is 10.6 Å². The molecule has 4 aromatic rings. The molecule has 3 heterocycles. The van der Waals surface area contributed by atoms with Crippen LogP contribution in [0.25, 0.3) is 20.8 Å². The highest BCUT2D eigenvalue weighted by Crippen LogP contribution is 2.40. The minimum atomic E-state index is -1.22. The standard InChI is InChI=1S/C28H32F2N6O3S/c1-12-9-20-22(14(3)32-12)35-26(40-20)21-13(2)33-27(31-11-15-17(29)7-6-8-18(15)30)36-25(21)34-19-10-16(28(4,5)39)23(37)24(19)38/h6-9,16,19,23-24,37-39H,10-11H2,1-5H3,(H2,31,33,34,36)/t16-,19+,23+,24-/m0/s1. The van der Waals surface area contributed by atoms with Crippen LogP contribution < -0.4 is 10.6 Å². The molecule has 1 aliphatic rings. The normalized spacial score (nSPS) is 21.2. The van der Waals surface area contributed by atoms with Gasteiger partial charge in [0, 0.05) is 23.7 Å². The zero-order chi connectivity index (χ0) is 28.9. The number of nitrogens with zero attached hydrogens (tertiary/aromatic N) is 4. The minimum absolute atomic E-state index is 0.119. The van der Waals surface area contributed by atoms with Gasteiger partial charge in [0.25, 0.3) is 0 Å². The first kappa shape index (κ1) is 28.2. The molecular formula is C28H32F2N6O3S. The van der Waals surface area contributed by atoms with Crippen LogP contribution in [-0.2, 0) is 6.54 Å². The quantitative estimate of drug-likeness (QED) is 0.221. The molecule has 12 heteroatoms. The van der Waals surface area contributed by atoms with Crippen molar-refractivity contribution in [1.82, 2.24) is 19.9 Å². The van der Waals surface area contributed by atoms with E-state index in [4.69, 9.17) is 4.98 Å². The molecule has 0 unspecified atom stereocenters. The van der Waals surface area contributed by atoms with Crippen molar-refractivity contribution in [2.45, 2.75) is 71.4 Å². The summed E-state index contributed by atoms with van der Waals surface area (Å²) in [6.07, 6.45) is -2.04. The van der Waals surface area contributed by atoms with Gasteiger partial charge in [-0.1, -0.05) is 6.07 Å². The van der Waals surface area contributed by atoms with Gasteiger partial charge in [-0.15, -0.1) is 11.3 Å². The highest BCUT2D eigenvalue weighted by Gasteiger charge is 2.48. The number of aryl methyl sites for hydroxylation is 3. The van der Waals surface area contributed by atoms with Crippen LogP contribution >= 0.6 is 11.3 Å². The van der Waals surface area contributed by atoms with Gasteiger partial charge >= 0.3 is 0 Å². The summed E-state index contributed by atoms with van der Waals surface area (Å²) in [5.41, 5.74) is 2.19. The summed E-state index contributed by atoms with van der Waals surface area (Å²) in [6.45, 7) is 8.59. The van der Waals surface area contributed by atoms with E-state index >= 15 is 0 Å². The number of rotatable bonds is 7. The van der Waals surface area contributed by atoms with E-state index in [-0.39, 0.29) is 24.5 Å². The fraction of sp³-hybridized carbons (Fsp3) is 0.429. The third-order valence-electron chi connectivity index (χ3n) is 7.38. The maximum Gasteiger partial charge on any atom is 0.225 e. The van der Waals surface area contributed by atoms with Crippen LogP contribution in [0.2, 0.25) is 0 Å². The monoisotopic (exact) mass is 570 g/mol. The molecule has 0 amide bonds. The maximum atomic E-state index is 14.2. The lowest BCUT2D eigenvalue weighted by Crippen LogP contribution is -2.40. The molecule has 0 bridgehead atoms. The molecule has 0 radical (unpaired) electrons. The van der Waals surface area contributed by atoms with Crippen molar-refractivity contribution < 1.29 is 24.1 Å². The molecule has 1 saturated carbocycles. The van der Waals surface area contributed by atoms with E-state index in [0.29, 0.717) is 22.1 Å². The van der Waals surface area contributed by atoms with Crippen molar-refractivity contribution >= 4 is 33.3 Å². The van der Waals surface area contributed by atoms with E-state index in [2.05, 4.69) is 25.6 Å². The number of nitrogens with one attached hydrogen (secondary N) is 2. The maximum absolute atomic E-state index is 14.2. The number of anilines is 2. The second kappa shape index (κ2) is 10.6. The third kappa shape index (κ3) is 5.36. The summed E-state index contributed by atoms with van der Waals surface area (Å²) in [5, 5.41) is 38.9. The lowest BCUT2D eigenvalue weighted by atomic mass is 9.88. The summed E-state index contributed by atoms with van der Waals surface area (Å²) in [6, 6.07) is 4.97. The molecule has 4 atom stereocenters. The Morgan fingerprint density at radius 1 is 1.00 bits per heavy atom. The van der Waals surface area contributed by atoms with E-state index < -0.39 is 41.4 Å². The predicted octanol–water partition coefficient (Wildman–Crippen LogP) is 4.26. The average Bonchev–Trinajstić information content (AvgIpc) is 3.40. The van der Waals surface area contributed by atoms with Crippen molar-refractivity contribution in [3.05, 3.63) is 58.5 Å². The van der Waals surface area contributed by atoms with Crippen LogP contribution in [0.3, 0.4) is 0 Å². The Bertz CT molecular complexity index is 1550. The van der Waals surface area contributed by atoms with E-state index in [0.717, 1.165) is 21.6 Å². The molecule has 212 valence electrons. The molecule has 1 aromatic carbocycles. The summed E-state index contributed by atoms with van der Waals surface area (Å²) >= 11 is 1.45. The highest BCUT2D eigenvalue weighted by atomic mass is 32.1. The number of halogens is 2. The van der Waals surface area contributed by atoms with Crippen LogP contribution in [0, 0.1) is 38.3 Å². The van der Waals surface area contributed by atoms with E-state index in [9.17, 15) is 24.1 Å². The second-order valence-corrected chi connectivity index (χ2v) is 11.9. The number of pyridine rings is 1. The van der Waals surface area contributed by atoms with E-state index in [1.54, 1.807) is 20.8 Å². The zero-order valence-corrected chi connectivity index (χ0v) is 23.6. The number of hydrogen-bond acceptors (Lipinski definition) is 10. The largest absolute Gasteiger partial charge is 0.390 e. The highest BCUT2D eigenvalue weighted by molar-refractivity contribution is 7.21. The van der Waals surface area contributed by atoms with Crippen molar-refractivity contribution in [2.24, 2.45) is 5.92 Å². The van der Waals surface area contributed by atoms with E-state index in [1.807, 2.05) is 19.9 Å². The lowest BCUT2D eigenvalue weighted by Gasteiger charge is -2.28. The van der Waals surface area contributed by atoms with Gasteiger partial charge < -0.3 is 26.0 Å². The molecule has 3 aromatic heterocycles. The molecule has 40 heavy (non-hydrogen) atoms. The fourth-order valence-corrected chi connectivity index (χ4v) is 6.48. The minimum Gasteiger partial charge on any atom is -0.390 e. The van der Waals surface area contributed by atoms with Crippen molar-refractivity contribution in [1.29, 1.82) is 0 Å². The second-order valence-electron chi connectivity index (χ2n) is 10.9. The number of aromatic nitrogens is 4. The Labute approximate surface area is 234 Å². The SMILES string of the molecule is Cc1cc2sc(-c3c(C)nc(NCc4c(F)cccc4F)nc3N[C@@H]3C[C@H](C(C)(C)O)[C@@H](O)[C@H]3O)nc2c(C)n1. The number of aliphatic hydroxyl groups excluding tert-OH is 2. The number of thiazole rings is 1. The van der Waals surface area contributed by atoms with Gasteiger partial charge in [0.15, 0.2) is 0 Å². The summed E-state index contributed by atoms with van der Waals surface area (Å²) in [5.74, 6) is -1.50. The van der Waals surface area contributed by atoms with Crippen LogP contribution in [0.4, 0.5) is 20.5 Å². The van der Waals surface area contributed by atoms with Gasteiger partial charge in [0.2, 0.25) is 5.95 Å². The first-order chi connectivity index (χ1) is 18.8. The number of benzene rings is 1. The molecular weight excluding hydrogens is 538 g/mol. The third-order valence-corrected chi connectivity index (χ3v) is 8.40. The van der Waals surface area contributed by atoms with Crippen LogP contribution in [0.1, 0.15) is 42.9 Å². The first-order valence-corrected chi connectivity index (χ1v) is 13.8. The van der Waals surface area contributed by atoms with Crippen molar-refractivity contribution in [3.63, 3.8) is 0 Å². The number of aliphatic hydroxyl groups is 3. The Balaban J connectivity index is 1.56. The summed E-state index contributed by atoms with van der Waals surface area (Å²) in [7, 11) is 0. The Hall–Kier alpha value is -3.32. The molecule has 0 saturated heterocycles. The number of hydrogen-bond donors (Lipinski definition) is 5. The van der Waals surface area contributed by atoms with Crippen LogP contribution in [-0.4, -0.2) is 59.1 Å². The molecule has 5 rings (SSSR count). The number of fused-ring (bicyclic) bond motifs is 1. The smallest absolute Gasteiger partial charge is 0.225 e.